The molecule has 4 heterocycles. The van der Waals surface area contributed by atoms with Gasteiger partial charge >= 0.3 is 0 Å². The smallest absolute Gasteiger partial charge is 0.221 e. The molecule has 0 fully saturated rings. The van der Waals surface area contributed by atoms with Crippen LogP contribution in [0, 0.1) is 0 Å². The number of aromatic nitrogens is 5. The van der Waals surface area contributed by atoms with Crippen molar-refractivity contribution in [2.75, 3.05) is 5.73 Å². The van der Waals surface area contributed by atoms with Crippen LogP contribution in [0.3, 0.4) is 0 Å². The van der Waals surface area contributed by atoms with Crippen molar-refractivity contribution in [1.29, 1.82) is 0 Å². The summed E-state index contributed by atoms with van der Waals surface area (Å²) in [5, 5.41) is 0.952. The van der Waals surface area contributed by atoms with Crippen LogP contribution < -0.4 is 5.73 Å². The first kappa shape index (κ1) is 10.1. The molecule has 92 valence electrons. The van der Waals surface area contributed by atoms with E-state index in [1.165, 1.54) is 0 Å². The Labute approximate surface area is 107 Å². The number of anilines is 1. The first-order valence-corrected chi connectivity index (χ1v) is 5.84. The number of hydrogen-bond acceptors (Lipinski definition) is 4. The van der Waals surface area contributed by atoms with Crippen LogP contribution in [0.15, 0.2) is 43.1 Å². The van der Waals surface area contributed by atoms with E-state index in [0.29, 0.717) is 0 Å². The monoisotopic (exact) mass is 250 g/mol. The molecule has 6 heteroatoms. The third-order valence-corrected chi connectivity index (χ3v) is 3.15. The lowest BCUT2D eigenvalue weighted by Gasteiger charge is -2.01. The molecule has 0 saturated heterocycles. The topological polar surface area (TPSA) is 84.9 Å². The Balaban J connectivity index is 1.97. The quantitative estimate of drug-likeness (QED) is 0.540. The Morgan fingerprint density at radius 3 is 3.11 bits per heavy atom. The number of fused-ring (bicyclic) bond motifs is 2. The van der Waals surface area contributed by atoms with E-state index in [2.05, 4.69) is 19.9 Å². The van der Waals surface area contributed by atoms with Crippen molar-refractivity contribution < 1.29 is 0 Å². The standard InChI is InChI=1S/C13H10N6/c14-13-17-6-10-9(5-16-12(10)18-13)8-1-2-11-15-3-4-19(11)7-8/h1-7H,(H3,14,16,17,18). The van der Waals surface area contributed by atoms with Crippen LogP contribution in [0.5, 0.6) is 0 Å². The van der Waals surface area contributed by atoms with Gasteiger partial charge in [0.25, 0.3) is 0 Å². The molecule has 3 N–H and O–H groups in total. The Morgan fingerprint density at radius 2 is 2.16 bits per heavy atom. The minimum Gasteiger partial charge on any atom is -0.368 e. The number of nitrogen functional groups attached to an aromatic ring is 1. The number of imidazole rings is 1. The minimum atomic E-state index is 0.269. The van der Waals surface area contributed by atoms with E-state index >= 15 is 0 Å². The molecule has 0 spiro atoms. The van der Waals surface area contributed by atoms with Crippen LogP contribution in [0.4, 0.5) is 5.95 Å². The molecule has 4 rings (SSSR count). The molecule has 0 aromatic carbocycles. The van der Waals surface area contributed by atoms with Crippen LogP contribution >= 0.6 is 0 Å². The van der Waals surface area contributed by atoms with Gasteiger partial charge in [0, 0.05) is 47.5 Å². The fourth-order valence-electron chi connectivity index (χ4n) is 2.24. The molecule has 0 unspecified atom stereocenters. The van der Waals surface area contributed by atoms with Gasteiger partial charge in [0.05, 0.1) is 0 Å². The van der Waals surface area contributed by atoms with Gasteiger partial charge in [-0.1, -0.05) is 0 Å². The number of nitrogens with two attached hydrogens (primary N) is 1. The summed E-state index contributed by atoms with van der Waals surface area (Å²) in [5.74, 6) is 0.269. The molecule has 4 aromatic rings. The summed E-state index contributed by atoms with van der Waals surface area (Å²) >= 11 is 0. The summed E-state index contributed by atoms with van der Waals surface area (Å²) in [7, 11) is 0. The highest BCUT2D eigenvalue weighted by Gasteiger charge is 2.08. The molecule has 0 amide bonds. The SMILES string of the molecule is Nc1ncc2c(-c3ccc4nccn4c3)c[nH]c2n1. The van der Waals surface area contributed by atoms with Crippen molar-refractivity contribution in [1.82, 2.24) is 24.3 Å². The number of nitrogens with one attached hydrogen (secondary N) is 1. The van der Waals surface area contributed by atoms with Crippen molar-refractivity contribution in [2.45, 2.75) is 0 Å². The molecule has 0 aliphatic heterocycles. The molecule has 6 nitrogen and oxygen atoms in total. The second-order valence-electron chi connectivity index (χ2n) is 4.30. The zero-order chi connectivity index (χ0) is 12.8. The molecule has 0 radical (unpaired) electrons. The number of nitrogens with zero attached hydrogens (tertiary/aromatic N) is 4. The molecule has 0 aliphatic rings. The van der Waals surface area contributed by atoms with Gasteiger partial charge in [-0.3, -0.25) is 0 Å². The third kappa shape index (κ3) is 1.46. The lowest BCUT2D eigenvalue weighted by molar-refractivity contribution is 1.19. The molecule has 4 aromatic heterocycles. The highest BCUT2D eigenvalue weighted by Crippen LogP contribution is 2.27. The van der Waals surface area contributed by atoms with E-state index in [9.17, 15) is 0 Å². The lowest BCUT2D eigenvalue weighted by atomic mass is 10.1. The maximum absolute atomic E-state index is 5.58. The van der Waals surface area contributed by atoms with Gasteiger partial charge in [-0.2, -0.15) is 4.98 Å². The molecular weight excluding hydrogens is 240 g/mol. The van der Waals surface area contributed by atoms with Gasteiger partial charge in [-0.15, -0.1) is 0 Å². The zero-order valence-electron chi connectivity index (χ0n) is 9.91. The second-order valence-corrected chi connectivity index (χ2v) is 4.30. The van der Waals surface area contributed by atoms with Crippen LogP contribution in [-0.2, 0) is 0 Å². The summed E-state index contributed by atoms with van der Waals surface area (Å²) in [4.78, 5) is 15.6. The normalized spacial score (nSPS) is 11.4. The fourth-order valence-corrected chi connectivity index (χ4v) is 2.24. The maximum atomic E-state index is 5.58. The van der Waals surface area contributed by atoms with Crippen LogP contribution in [-0.4, -0.2) is 24.3 Å². The van der Waals surface area contributed by atoms with Crippen molar-refractivity contribution in [2.24, 2.45) is 0 Å². The largest absolute Gasteiger partial charge is 0.368 e. The van der Waals surface area contributed by atoms with E-state index in [0.717, 1.165) is 27.8 Å². The molecular formula is C13H10N6. The predicted octanol–water partition coefficient (Wildman–Crippen LogP) is 1.85. The second kappa shape index (κ2) is 3.55. The number of hydrogen-bond donors (Lipinski definition) is 2. The Bertz CT molecular complexity index is 888. The molecule has 19 heavy (non-hydrogen) atoms. The molecule has 0 atom stereocenters. The van der Waals surface area contributed by atoms with E-state index in [1.807, 2.05) is 35.1 Å². The highest BCUT2D eigenvalue weighted by atomic mass is 15.0. The van der Waals surface area contributed by atoms with Gasteiger partial charge in [-0.05, 0) is 12.1 Å². The maximum Gasteiger partial charge on any atom is 0.221 e. The summed E-state index contributed by atoms with van der Waals surface area (Å²) in [6.07, 6.45) is 9.38. The number of pyridine rings is 1. The summed E-state index contributed by atoms with van der Waals surface area (Å²) in [6.45, 7) is 0. The van der Waals surface area contributed by atoms with Crippen LogP contribution in [0.1, 0.15) is 0 Å². The van der Waals surface area contributed by atoms with Crippen LogP contribution in [0.2, 0.25) is 0 Å². The van der Waals surface area contributed by atoms with E-state index < -0.39 is 0 Å². The number of aromatic amines is 1. The van der Waals surface area contributed by atoms with E-state index in [1.54, 1.807) is 12.4 Å². The number of H-pyrrole nitrogens is 1. The molecule has 0 bridgehead atoms. The van der Waals surface area contributed by atoms with Gasteiger partial charge < -0.3 is 15.1 Å². The van der Waals surface area contributed by atoms with Crippen molar-refractivity contribution >= 4 is 22.6 Å². The Kier molecular flexibility index (Phi) is 1.88. The first-order chi connectivity index (χ1) is 9.31. The van der Waals surface area contributed by atoms with Crippen molar-refractivity contribution in [3.63, 3.8) is 0 Å². The van der Waals surface area contributed by atoms with Gasteiger partial charge in [0.15, 0.2) is 0 Å². The predicted molar refractivity (Wildman–Crippen MR) is 72.5 cm³/mol. The first-order valence-electron chi connectivity index (χ1n) is 5.84. The summed E-state index contributed by atoms with van der Waals surface area (Å²) < 4.78 is 1.98. The van der Waals surface area contributed by atoms with Gasteiger partial charge in [0.1, 0.15) is 11.3 Å². The van der Waals surface area contributed by atoms with Gasteiger partial charge in [0.2, 0.25) is 5.95 Å². The summed E-state index contributed by atoms with van der Waals surface area (Å²) in [5.41, 5.74) is 9.36. The Hall–Kier alpha value is -2.89. The summed E-state index contributed by atoms with van der Waals surface area (Å²) in [6, 6.07) is 4.01. The van der Waals surface area contributed by atoms with Gasteiger partial charge in [-0.25, -0.2) is 9.97 Å². The fraction of sp³-hybridized carbons (Fsp3) is 0. The van der Waals surface area contributed by atoms with Crippen molar-refractivity contribution in [3.05, 3.63) is 43.1 Å². The zero-order valence-corrected chi connectivity index (χ0v) is 9.91. The lowest BCUT2D eigenvalue weighted by Crippen LogP contribution is -1.93. The third-order valence-electron chi connectivity index (χ3n) is 3.15. The molecule has 0 saturated carbocycles. The van der Waals surface area contributed by atoms with Crippen molar-refractivity contribution in [3.8, 4) is 11.1 Å². The Morgan fingerprint density at radius 1 is 1.21 bits per heavy atom. The highest BCUT2D eigenvalue weighted by molar-refractivity contribution is 5.93. The minimum absolute atomic E-state index is 0.269. The van der Waals surface area contributed by atoms with E-state index in [4.69, 9.17) is 5.73 Å². The van der Waals surface area contributed by atoms with E-state index in [-0.39, 0.29) is 5.95 Å². The molecule has 0 aliphatic carbocycles. The van der Waals surface area contributed by atoms with Crippen LogP contribution in [0.25, 0.3) is 27.8 Å². The number of rotatable bonds is 1. The average Bonchev–Trinajstić information content (AvgIpc) is 3.02. The average molecular weight is 250 g/mol.